The molecule has 3 saturated heterocycles. The van der Waals surface area contributed by atoms with Crippen molar-refractivity contribution in [3.63, 3.8) is 0 Å². The smallest absolute Gasteiger partial charge is 0.220 e. The third-order valence-corrected chi connectivity index (χ3v) is 15.7. The van der Waals surface area contributed by atoms with Gasteiger partial charge in [0.05, 0.1) is 38.6 Å². The zero-order chi connectivity index (χ0) is 55.5. The Kier molecular flexibility index (Phi) is 37.9. The van der Waals surface area contributed by atoms with Crippen molar-refractivity contribution in [3.8, 4) is 0 Å². The molecule has 12 N–H and O–H groups in total. The van der Waals surface area contributed by atoms with Crippen LogP contribution in [0.15, 0.2) is 0 Å². The molecule has 0 spiro atoms. The van der Waals surface area contributed by atoms with E-state index in [0.717, 1.165) is 44.9 Å². The Morgan fingerprint density at radius 3 is 1.14 bits per heavy atom. The second-order valence-corrected chi connectivity index (χ2v) is 22.2. The summed E-state index contributed by atoms with van der Waals surface area (Å²) in [5.74, 6) is -0.239. The van der Waals surface area contributed by atoms with Gasteiger partial charge >= 0.3 is 0 Å². The lowest BCUT2D eigenvalue weighted by molar-refractivity contribution is -0.379. The van der Waals surface area contributed by atoms with Crippen LogP contribution in [-0.2, 0) is 33.2 Å². The topological polar surface area (TPSA) is 307 Å². The van der Waals surface area contributed by atoms with Gasteiger partial charge in [-0.1, -0.05) is 206 Å². The Labute approximate surface area is 455 Å². The van der Waals surface area contributed by atoms with E-state index in [9.17, 15) is 61.0 Å². The van der Waals surface area contributed by atoms with E-state index in [1.807, 2.05) is 0 Å². The van der Waals surface area contributed by atoms with Crippen LogP contribution in [0.2, 0.25) is 0 Å². The lowest BCUT2D eigenvalue weighted by Gasteiger charge is -2.48. The molecule has 19 nitrogen and oxygen atoms in total. The van der Waals surface area contributed by atoms with E-state index in [1.54, 1.807) is 0 Å². The summed E-state index contributed by atoms with van der Waals surface area (Å²) >= 11 is 0. The van der Waals surface area contributed by atoms with Crippen molar-refractivity contribution in [1.82, 2.24) is 5.32 Å². The first-order valence-electron chi connectivity index (χ1n) is 30.3. The van der Waals surface area contributed by atoms with Crippen molar-refractivity contribution in [2.24, 2.45) is 0 Å². The van der Waals surface area contributed by atoms with Crippen LogP contribution in [0, 0.1) is 0 Å². The predicted octanol–water partition coefficient (Wildman–Crippen LogP) is 5.21. The summed E-state index contributed by atoms with van der Waals surface area (Å²) < 4.78 is 34.3. The molecule has 19 heteroatoms. The second kappa shape index (κ2) is 41.7. The second-order valence-electron chi connectivity index (χ2n) is 22.2. The van der Waals surface area contributed by atoms with Gasteiger partial charge in [0.15, 0.2) is 18.9 Å². The number of amides is 1. The Hall–Kier alpha value is -1.21. The molecule has 0 aromatic carbocycles. The summed E-state index contributed by atoms with van der Waals surface area (Å²) in [6.07, 6.45) is 11.8. The van der Waals surface area contributed by atoms with Crippen molar-refractivity contribution < 1.29 is 89.4 Å². The van der Waals surface area contributed by atoms with Crippen LogP contribution in [0.4, 0.5) is 0 Å². The summed E-state index contributed by atoms with van der Waals surface area (Å²) in [5.41, 5.74) is 0. The minimum atomic E-state index is -1.97. The van der Waals surface area contributed by atoms with E-state index in [2.05, 4.69) is 19.2 Å². The number of aliphatic hydroxyl groups is 11. The highest BCUT2D eigenvalue weighted by Gasteiger charge is 2.53. The molecule has 0 aliphatic carbocycles. The molecular weight excluding hydrogens is 987 g/mol. The summed E-state index contributed by atoms with van der Waals surface area (Å²) in [7, 11) is 0. The number of ether oxygens (including phenoxy) is 6. The Bertz CT molecular complexity index is 1400. The summed E-state index contributed by atoms with van der Waals surface area (Å²) in [6.45, 7) is 1.80. The van der Waals surface area contributed by atoms with Crippen LogP contribution in [0.1, 0.15) is 226 Å². The third-order valence-electron chi connectivity index (χ3n) is 15.7. The monoisotopic (exact) mass is 1100 g/mol. The standard InChI is InChI=1S/C57H109NO18/c1-3-5-7-9-11-13-15-17-19-21-22-24-26-28-30-32-34-41(62)40(58-45(63)35-33-31-29-27-25-23-20-18-16-14-12-10-8-6-4-2)39-71-55-51(69)48(66)53(43(37-60)73-55)76-57-52(70)49(67)54(44(38-61)74-57)75-56-50(68)47(65)46(64)42(36-59)72-56/h40-44,46-57,59-62,64-70H,3-39H2,1-2H3,(H,58,63). The van der Waals surface area contributed by atoms with Gasteiger partial charge in [-0.3, -0.25) is 4.79 Å². The van der Waals surface area contributed by atoms with Crippen molar-refractivity contribution >= 4 is 5.91 Å². The fourth-order valence-corrected chi connectivity index (χ4v) is 10.7. The molecule has 0 bridgehead atoms. The predicted molar refractivity (Wildman–Crippen MR) is 287 cm³/mol. The molecular formula is C57H109NO18. The molecule has 0 aromatic heterocycles. The highest BCUT2D eigenvalue weighted by atomic mass is 16.8. The van der Waals surface area contributed by atoms with Crippen LogP contribution in [0.25, 0.3) is 0 Å². The molecule has 3 aliphatic rings. The number of carbonyl (C=O) groups excluding carboxylic acids is 1. The van der Waals surface area contributed by atoms with Gasteiger partial charge in [0.25, 0.3) is 0 Å². The average Bonchev–Trinajstić information content (AvgIpc) is 3.42. The molecule has 17 unspecified atom stereocenters. The van der Waals surface area contributed by atoms with Gasteiger partial charge in [-0.15, -0.1) is 0 Å². The van der Waals surface area contributed by atoms with Gasteiger partial charge in [0, 0.05) is 6.42 Å². The molecule has 3 heterocycles. The van der Waals surface area contributed by atoms with E-state index in [4.69, 9.17) is 28.4 Å². The van der Waals surface area contributed by atoms with Gasteiger partial charge in [-0.25, -0.2) is 0 Å². The van der Waals surface area contributed by atoms with Gasteiger partial charge in [0.2, 0.25) is 5.91 Å². The lowest BCUT2D eigenvalue weighted by Crippen LogP contribution is -2.66. The molecule has 0 aromatic rings. The maximum Gasteiger partial charge on any atom is 0.220 e. The first-order valence-corrected chi connectivity index (χ1v) is 30.3. The third kappa shape index (κ3) is 25.7. The quantitative estimate of drug-likeness (QED) is 0.0348. The van der Waals surface area contributed by atoms with Gasteiger partial charge in [-0.05, 0) is 12.8 Å². The van der Waals surface area contributed by atoms with Crippen molar-refractivity contribution in [1.29, 1.82) is 0 Å². The zero-order valence-electron chi connectivity index (χ0n) is 46.8. The average molecular weight is 1100 g/mol. The van der Waals surface area contributed by atoms with Crippen LogP contribution < -0.4 is 5.32 Å². The summed E-state index contributed by atoms with van der Waals surface area (Å²) in [6, 6.07) is -0.879. The fraction of sp³-hybridized carbons (Fsp3) is 0.982. The van der Waals surface area contributed by atoms with Crippen molar-refractivity contribution in [3.05, 3.63) is 0 Å². The molecule has 3 rings (SSSR count). The first kappa shape index (κ1) is 69.1. The molecule has 450 valence electrons. The van der Waals surface area contributed by atoms with Gasteiger partial charge in [0.1, 0.15) is 73.2 Å². The van der Waals surface area contributed by atoms with E-state index in [0.29, 0.717) is 12.8 Å². The van der Waals surface area contributed by atoms with E-state index in [-0.39, 0.29) is 18.9 Å². The minimum absolute atomic E-state index is 0.239. The molecule has 0 saturated carbocycles. The maximum atomic E-state index is 13.3. The molecule has 76 heavy (non-hydrogen) atoms. The number of rotatable bonds is 45. The molecule has 0 radical (unpaired) electrons. The number of hydrogen-bond acceptors (Lipinski definition) is 18. The van der Waals surface area contributed by atoms with E-state index >= 15 is 0 Å². The Morgan fingerprint density at radius 1 is 0.421 bits per heavy atom. The SMILES string of the molecule is CCCCCCCCCCCCCCCCCCC(O)C(COC1OC(CO)C(OC2OC(CO)C(OC3OC(CO)C(O)C(O)C3O)C(O)C2O)C(O)C1O)NC(=O)CCCCCCCCCCCCCCCCC. The Balaban J connectivity index is 1.50. The number of nitrogens with one attached hydrogen (secondary N) is 1. The Morgan fingerprint density at radius 2 is 0.750 bits per heavy atom. The van der Waals surface area contributed by atoms with Gasteiger partial charge < -0.3 is 89.9 Å². The first-order chi connectivity index (χ1) is 36.8. The van der Waals surface area contributed by atoms with Gasteiger partial charge in [-0.2, -0.15) is 0 Å². The van der Waals surface area contributed by atoms with Crippen LogP contribution >= 0.6 is 0 Å². The van der Waals surface area contributed by atoms with Crippen molar-refractivity contribution in [2.75, 3.05) is 26.4 Å². The lowest BCUT2D eigenvalue weighted by atomic mass is 9.96. The van der Waals surface area contributed by atoms with Crippen LogP contribution in [-0.4, -0.2) is 193 Å². The fourth-order valence-electron chi connectivity index (χ4n) is 10.7. The number of carbonyl (C=O) groups is 1. The minimum Gasteiger partial charge on any atom is -0.394 e. The highest BCUT2D eigenvalue weighted by molar-refractivity contribution is 5.76. The summed E-state index contributed by atoms with van der Waals surface area (Å²) in [4.78, 5) is 13.3. The molecule has 1 amide bonds. The van der Waals surface area contributed by atoms with E-state index < -0.39 is 124 Å². The number of unbranched alkanes of at least 4 members (excludes halogenated alkanes) is 29. The molecule has 17 atom stereocenters. The number of aliphatic hydroxyl groups excluding tert-OH is 11. The largest absolute Gasteiger partial charge is 0.394 e. The maximum absolute atomic E-state index is 13.3. The van der Waals surface area contributed by atoms with Crippen LogP contribution in [0.3, 0.4) is 0 Å². The number of hydrogen-bond donors (Lipinski definition) is 12. The zero-order valence-corrected chi connectivity index (χ0v) is 46.8. The molecule has 3 fully saturated rings. The normalized spacial score (nSPS) is 30.9. The van der Waals surface area contributed by atoms with Crippen molar-refractivity contribution in [2.45, 2.75) is 330 Å². The summed E-state index contributed by atoms with van der Waals surface area (Å²) in [5, 5.41) is 120. The highest BCUT2D eigenvalue weighted by Crippen LogP contribution is 2.33. The molecule has 3 aliphatic heterocycles. The van der Waals surface area contributed by atoms with E-state index in [1.165, 1.54) is 148 Å². The van der Waals surface area contributed by atoms with Crippen LogP contribution in [0.5, 0.6) is 0 Å².